The van der Waals surface area contributed by atoms with Crippen LogP contribution in [0.25, 0.3) is 11.5 Å². The molecule has 2 aliphatic heterocycles. The summed E-state index contributed by atoms with van der Waals surface area (Å²) in [6.45, 7) is 3.42. The van der Waals surface area contributed by atoms with Crippen LogP contribution in [0.5, 0.6) is 5.75 Å². The first kappa shape index (κ1) is 21.1. The lowest BCUT2D eigenvalue weighted by Crippen LogP contribution is -2.42. The molecule has 32 heavy (non-hydrogen) atoms. The molecule has 1 atom stereocenters. The minimum Gasteiger partial charge on any atom is -0.488 e. The highest BCUT2D eigenvalue weighted by molar-refractivity contribution is 5.81. The predicted octanol–water partition coefficient (Wildman–Crippen LogP) is 2.64. The number of anilines is 1. The van der Waals surface area contributed by atoms with Crippen LogP contribution in [0.4, 0.5) is 5.82 Å². The van der Waals surface area contributed by atoms with Crippen LogP contribution in [-0.4, -0.2) is 71.8 Å². The molecule has 3 aliphatic rings. The first-order valence-electron chi connectivity index (χ1n) is 11.8. The van der Waals surface area contributed by atoms with E-state index < -0.39 is 0 Å². The Hall–Kier alpha value is -2.74. The van der Waals surface area contributed by atoms with Crippen molar-refractivity contribution in [1.29, 1.82) is 0 Å². The van der Waals surface area contributed by atoms with E-state index >= 15 is 0 Å². The number of likely N-dealkylation sites (tertiary alicyclic amines) is 1. The fourth-order valence-corrected chi connectivity index (χ4v) is 4.77. The van der Waals surface area contributed by atoms with Gasteiger partial charge < -0.3 is 19.3 Å². The number of piperidine rings is 1. The summed E-state index contributed by atoms with van der Waals surface area (Å²) in [6, 6.07) is 3.76. The minimum absolute atomic E-state index is 0.0775. The maximum atomic E-state index is 12.8. The highest BCUT2D eigenvalue weighted by Gasteiger charge is 2.25. The van der Waals surface area contributed by atoms with Crippen molar-refractivity contribution < 1.29 is 14.3 Å². The van der Waals surface area contributed by atoms with Gasteiger partial charge in [-0.15, -0.1) is 0 Å². The maximum absolute atomic E-state index is 12.8. The van der Waals surface area contributed by atoms with Crippen molar-refractivity contribution in [3.05, 3.63) is 29.6 Å². The molecule has 0 bridgehead atoms. The Morgan fingerprint density at radius 1 is 1.22 bits per heavy atom. The van der Waals surface area contributed by atoms with Gasteiger partial charge in [0.1, 0.15) is 23.4 Å². The van der Waals surface area contributed by atoms with Crippen molar-refractivity contribution in [2.45, 2.75) is 51.0 Å². The largest absolute Gasteiger partial charge is 0.488 e. The summed E-state index contributed by atoms with van der Waals surface area (Å²) >= 11 is 0. The zero-order valence-electron chi connectivity index (χ0n) is 18.8. The van der Waals surface area contributed by atoms with E-state index in [9.17, 15) is 4.79 Å². The van der Waals surface area contributed by atoms with Gasteiger partial charge in [0.2, 0.25) is 5.91 Å². The van der Waals surface area contributed by atoms with Crippen LogP contribution >= 0.6 is 0 Å². The highest BCUT2D eigenvalue weighted by atomic mass is 16.5. The summed E-state index contributed by atoms with van der Waals surface area (Å²) in [5, 5.41) is 0. The molecule has 2 aromatic heterocycles. The van der Waals surface area contributed by atoms with Gasteiger partial charge in [0.05, 0.1) is 19.8 Å². The third-order valence-corrected chi connectivity index (χ3v) is 6.51. The third kappa shape index (κ3) is 4.55. The number of hydrogen-bond donors (Lipinski definition) is 0. The first-order valence-corrected chi connectivity index (χ1v) is 11.8. The fourth-order valence-electron chi connectivity index (χ4n) is 4.77. The standard InChI is InChI=1S/C24H31N5O3/c1-28(15-22(30)29-11-3-2-4-12-29)24-19-6-5-7-20(19)26-23(27-24)21-14-17(8-10-25-21)32-18-9-13-31-16-18/h8,10,14,18H,2-7,9,11-13,15-16H2,1H3. The average molecular weight is 438 g/mol. The molecule has 170 valence electrons. The average Bonchev–Trinajstić information content (AvgIpc) is 3.51. The molecule has 0 aromatic carbocycles. The van der Waals surface area contributed by atoms with Gasteiger partial charge in [0.15, 0.2) is 5.82 Å². The van der Waals surface area contributed by atoms with Gasteiger partial charge in [-0.05, 0) is 44.6 Å². The number of nitrogens with zero attached hydrogens (tertiary/aromatic N) is 5. The molecule has 1 aliphatic carbocycles. The van der Waals surface area contributed by atoms with Crippen molar-refractivity contribution in [2.24, 2.45) is 0 Å². The van der Waals surface area contributed by atoms with Crippen LogP contribution in [0.1, 0.15) is 43.4 Å². The summed E-state index contributed by atoms with van der Waals surface area (Å²) < 4.78 is 11.5. The molecule has 5 rings (SSSR count). The smallest absolute Gasteiger partial charge is 0.242 e. The Bertz CT molecular complexity index is 970. The van der Waals surface area contributed by atoms with Gasteiger partial charge in [-0.2, -0.15) is 0 Å². The number of aryl methyl sites for hydroxylation is 1. The molecule has 0 N–H and O–H groups in total. The minimum atomic E-state index is 0.0775. The number of pyridine rings is 1. The fraction of sp³-hybridized carbons (Fsp3) is 0.583. The van der Waals surface area contributed by atoms with E-state index in [4.69, 9.17) is 19.4 Å². The van der Waals surface area contributed by atoms with Crippen LogP contribution in [-0.2, 0) is 22.4 Å². The summed E-state index contributed by atoms with van der Waals surface area (Å²) in [5.41, 5.74) is 2.92. The normalized spacial score (nSPS) is 20.3. The van der Waals surface area contributed by atoms with Gasteiger partial charge in [-0.3, -0.25) is 9.78 Å². The van der Waals surface area contributed by atoms with Gasteiger partial charge in [0, 0.05) is 50.1 Å². The number of hydrogen-bond acceptors (Lipinski definition) is 7. The van der Waals surface area contributed by atoms with Gasteiger partial charge >= 0.3 is 0 Å². The predicted molar refractivity (Wildman–Crippen MR) is 121 cm³/mol. The summed E-state index contributed by atoms with van der Waals surface area (Å²) in [7, 11) is 1.96. The second-order valence-corrected chi connectivity index (χ2v) is 8.93. The molecule has 4 heterocycles. The zero-order valence-corrected chi connectivity index (χ0v) is 18.8. The number of likely N-dealkylation sites (N-methyl/N-ethyl adjacent to an activating group) is 1. The maximum Gasteiger partial charge on any atom is 0.242 e. The quantitative estimate of drug-likeness (QED) is 0.687. The molecule has 2 saturated heterocycles. The Morgan fingerprint density at radius 2 is 2.09 bits per heavy atom. The molecule has 0 spiro atoms. The zero-order chi connectivity index (χ0) is 21.9. The van der Waals surface area contributed by atoms with Gasteiger partial charge in [-0.1, -0.05) is 0 Å². The lowest BCUT2D eigenvalue weighted by Gasteiger charge is -2.29. The van der Waals surface area contributed by atoms with E-state index in [2.05, 4.69) is 4.98 Å². The Morgan fingerprint density at radius 3 is 2.91 bits per heavy atom. The number of carbonyl (C=O) groups is 1. The lowest BCUT2D eigenvalue weighted by atomic mass is 10.1. The topological polar surface area (TPSA) is 80.7 Å². The molecule has 8 heteroatoms. The monoisotopic (exact) mass is 437 g/mol. The molecule has 2 aromatic rings. The number of aromatic nitrogens is 3. The third-order valence-electron chi connectivity index (χ3n) is 6.51. The van der Waals surface area contributed by atoms with E-state index in [1.165, 1.54) is 12.0 Å². The van der Waals surface area contributed by atoms with Crippen molar-refractivity contribution in [3.63, 3.8) is 0 Å². The van der Waals surface area contributed by atoms with E-state index in [1.807, 2.05) is 29.0 Å². The number of rotatable bonds is 6. The molecule has 1 amide bonds. The van der Waals surface area contributed by atoms with E-state index in [1.54, 1.807) is 6.20 Å². The molecular formula is C24H31N5O3. The molecule has 0 radical (unpaired) electrons. The van der Waals surface area contributed by atoms with Crippen molar-refractivity contribution in [1.82, 2.24) is 19.9 Å². The van der Waals surface area contributed by atoms with Gasteiger partial charge in [0.25, 0.3) is 0 Å². The molecule has 1 unspecified atom stereocenters. The van der Waals surface area contributed by atoms with E-state index in [0.717, 1.165) is 75.5 Å². The molecule has 2 fully saturated rings. The number of amides is 1. The number of ether oxygens (including phenoxy) is 2. The number of fused-ring (bicyclic) bond motifs is 1. The van der Waals surface area contributed by atoms with Crippen LogP contribution in [0.3, 0.4) is 0 Å². The van der Waals surface area contributed by atoms with E-state index in [-0.39, 0.29) is 12.0 Å². The van der Waals surface area contributed by atoms with Crippen molar-refractivity contribution in [2.75, 3.05) is 44.8 Å². The van der Waals surface area contributed by atoms with Crippen LogP contribution in [0, 0.1) is 0 Å². The number of carbonyl (C=O) groups excluding carboxylic acids is 1. The van der Waals surface area contributed by atoms with Crippen LogP contribution in [0.15, 0.2) is 18.3 Å². The van der Waals surface area contributed by atoms with Crippen molar-refractivity contribution in [3.8, 4) is 17.3 Å². The Labute approximate surface area is 189 Å². The molecular weight excluding hydrogens is 406 g/mol. The summed E-state index contributed by atoms with van der Waals surface area (Å²) in [6.07, 6.45) is 9.06. The Kier molecular flexibility index (Phi) is 6.21. The second-order valence-electron chi connectivity index (χ2n) is 8.93. The second kappa shape index (κ2) is 9.40. The van der Waals surface area contributed by atoms with Crippen molar-refractivity contribution >= 4 is 11.7 Å². The summed E-state index contributed by atoms with van der Waals surface area (Å²) in [5.74, 6) is 2.37. The van der Waals surface area contributed by atoms with Gasteiger partial charge in [-0.25, -0.2) is 9.97 Å². The highest BCUT2D eigenvalue weighted by Crippen LogP contribution is 2.31. The summed E-state index contributed by atoms with van der Waals surface area (Å²) in [4.78, 5) is 31.1. The molecule has 8 nitrogen and oxygen atoms in total. The molecule has 0 saturated carbocycles. The van der Waals surface area contributed by atoms with Crippen LogP contribution in [0.2, 0.25) is 0 Å². The first-order chi connectivity index (χ1) is 15.7. The SMILES string of the molecule is CN(CC(=O)N1CCCCC1)c1nc(-c2cc(OC3CCOC3)ccn2)nc2c1CCC2. The van der Waals surface area contributed by atoms with Crippen LogP contribution < -0.4 is 9.64 Å². The Balaban J connectivity index is 1.39. The van der Waals surface area contributed by atoms with E-state index in [0.29, 0.717) is 24.7 Å². The lowest BCUT2D eigenvalue weighted by molar-refractivity contribution is -0.130.